The third-order valence-electron chi connectivity index (χ3n) is 6.49. The van der Waals surface area contributed by atoms with Gasteiger partial charge >= 0.3 is 12.1 Å². The van der Waals surface area contributed by atoms with Gasteiger partial charge in [-0.15, -0.1) is 0 Å². The van der Waals surface area contributed by atoms with Crippen molar-refractivity contribution in [1.82, 2.24) is 14.9 Å². The van der Waals surface area contributed by atoms with E-state index in [2.05, 4.69) is 31.0 Å². The van der Waals surface area contributed by atoms with Crippen LogP contribution in [0.15, 0.2) is 16.6 Å². The number of imidazole rings is 1. The number of rotatable bonds is 6. The molecular weight excluding hydrogens is 557 g/mol. The number of amides is 1. The van der Waals surface area contributed by atoms with Crippen molar-refractivity contribution in [3.05, 3.63) is 33.7 Å². The van der Waals surface area contributed by atoms with Gasteiger partial charge in [0, 0.05) is 30.9 Å². The van der Waals surface area contributed by atoms with E-state index in [-0.39, 0.29) is 18.1 Å². The number of hydrogen-bond donors (Lipinski definition) is 1. The van der Waals surface area contributed by atoms with Crippen molar-refractivity contribution in [1.29, 1.82) is 0 Å². The molecule has 1 aromatic heterocycles. The highest BCUT2D eigenvalue weighted by Crippen LogP contribution is 2.51. The summed E-state index contributed by atoms with van der Waals surface area (Å²) in [6, 6.07) is 3.54. The normalized spacial score (nSPS) is 18.4. The molecule has 0 bridgehead atoms. The van der Waals surface area contributed by atoms with Crippen LogP contribution in [0.1, 0.15) is 54.0 Å². The van der Waals surface area contributed by atoms with Gasteiger partial charge in [0.2, 0.25) is 5.92 Å². The molecule has 1 atom stereocenters. The van der Waals surface area contributed by atoms with Gasteiger partial charge < -0.3 is 19.4 Å². The van der Waals surface area contributed by atoms with Crippen LogP contribution >= 0.6 is 15.9 Å². The maximum atomic E-state index is 13.7. The largest absolute Gasteiger partial charge is 0.496 e. The molecule has 1 N–H and O–H groups in total. The van der Waals surface area contributed by atoms with Gasteiger partial charge in [0.25, 0.3) is 5.91 Å². The van der Waals surface area contributed by atoms with Gasteiger partial charge in [0.1, 0.15) is 11.3 Å². The summed E-state index contributed by atoms with van der Waals surface area (Å²) in [5, 5.41) is 2.13. The summed E-state index contributed by atoms with van der Waals surface area (Å²) >= 11 is 3.41. The average Bonchev–Trinajstić information content (AvgIpc) is 3.15. The van der Waals surface area contributed by atoms with E-state index in [1.807, 2.05) is 0 Å². The van der Waals surface area contributed by atoms with Crippen LogP contribution in [0.5, 0.6) is 5.75 Å². The Hall–Kier alpha value is -2.70. The number of esters is 1. The number of carbonyl (C=O) groups is 2. The number of alkyl halides is 5. The quantitative estimate of drug-likeness (QED) is 0.384. The lowest BCUT2D eigenvalue weighted by atomic mass is 9.77. The van der Waals surface area contributed by atoms with Crippen LogP contribution < -0.4 is 10.1 Å². The van der Waals surface area contributed by atoms with Gasteiger partial charge in [-0.25, -0.2) is 18.6 Å². The van der Waals surface area contributed by atoms with Crippen molar-refractivity contribution < 1.29 is 41.0 Å². The summed E-state index contributed by atoms with van der Waals surface area (Å²) in [7, 11) is 2.42. The first-order valence-corrected chi connectivity index (χ1v) is 11.8. The van der Waals surface area contributed by atoms with Crippen LogP contribution in [0.2, 0.25) is 0 Å². The molecular formula is C23H23BrF5N3O4. The van der Waals surface area contributed by atoms with Gasteiger partial charge in [-0.3, -0.25) is 4.79 Å². The predicted octanol–water partition coefficient (Wildman–Crippen LogP) is 5.00. The smallest absolute Gasteiger partial charge is 0.391 e. The molecule has 2 heterocycles. The number of methoxy groups -OCH3 is 2. The summed E-state index contributed by atoms with van der Waals surface area (Å²) in [4.78, 5) is 29.8. The Morgan fingerprint density at radius 3 is 2.47 bits per heavy atom. The lowest BCUT2D eigenvalue weighted by Gasteiger charge is -2.35. The van der Waals surface area contributed by atoms with Crippen LogP contribution in [0, 0.1) is 0 Å². The van der Waals surface area contributed by atoms with E-state index in [0.29, 0.717) is 27.9 Å². The van der Waals surface area contributed by atoms with E-state index in [1.165, 1.54) is 11.7 Å². The second-order valence-electron chi connectivity index (χ2n) is 9.25. The molecule has 2 aliphatic rings. The van der Waals surface area contributed by atoms with E-state index in [0.717, 1.165) is 19.6 Å². The number of nitrogens with zero attached hydrogens (tertiary/aromatic N) is 2. The highest BCUT2D eigenvalue weighted by atomic mass is 79.9. The summed E-state index contributed by atoms with van der Waals surface area (Å²) in [6.45, 7) is 1.14. The molecule has 1 saturated carbocycles. The summed E-state index contributed by atoms with van der Waals surface area (Å²) in [6.07, 6.45) is -6.94. The summed E-state index contributed by atoms with van der Waals surface area (Å²) in [5.74, 6) is -5.52. The first kappa shape index (κ1) is 26.4. The Bertz CT molecular complexity index is 1220. The molecule has 0 spiro atoms. The number of aromatic nitrogens is 2. The minimum absolute atomic E-state index is 0.222. The Balaban J connectivity index is 1.80. The van der Waals surface area contributed by atoms with E-state index in [4.69, 9.17) is 4.74 Å². The van der Waals surface area contributed by atoms with E-state index < -0.39 is 54.7 Å². The highest BCUT2D eigenvalue weighted by molar-refractivity contribution is 9.10. The van der Waals surface area contributed by atoms with Crippen molar-refractivity contribution in [3.8, 4) is 17.0 Å². The van der Waals surface area contributed by atoms with Gasteiger partial charge in [0.05, 0.1) is 36.5 Å². The minimum Gasteiger partial charge on any atom is -0.496 e. The molecule has 4 rings (SSSR count). The predicted molar refractivity (Wildman–Crippen MR) is 121 cm³/mol. The summed E-state index contributed by atoms with van der Waals surface area (Å²) < 4.78 is 79.1. The second kappa shape index (κ2) is 9.00. The van der Waals surface area contributed by atoms with E-state index in [1.54, 1.807) is 12.1 Å². The van der Waals surface area contributed by atoms with Crippen molar-refractivity contribution in [2.75, 3.05) is 14.2 Å². The molecule has 2 aromatic rings. The zero-order valence-electron chi connectivity index (χ0n) is 19.6. The second-order valence-corrected chi connectivity index (χ2v) is 10.1. The first-order chi connectivity index (χ1) is 16.7. The fourth-order valence-corrected chi connectivity index (χ4v) is 5.30. The Morgan fingerprint density at radius 2 is 1.92 bits per heavy atom. The maximum Gasteiger partial charge on any atom is 0.391 e. The Kier molecular flexibility index (Phi) is 6.59. The maximum absolute atomic E-state index is 13.7. The molecule has 0 saturated heterocycles. The molecule has 1 aliphatic heterocycles. The lowest BCUT2D eigenvalue weighted by molar-refractivity contribution is -0.169. The zero-order valence-corrected chi connectivity index (χ0v) is 21.1. The SMILES string of the molecule is COC(=O)[C@](C)(CC(F)(F)F)NC(=O)c1nc(C2CC(F)(F)C2)c2n1CCc1cc(OC)c(Br)cc1-2. The van der Waals surface area contributed by atoms with Crippen molar-refractivity contribution >= 4 is 27.8 Å². The molecule has 0 radical (unpaired) electrons. The topological polar surface area (TPSA) is 82.5 Å². The monoisotopic (exact) mass is 579 g/mol. The molecule has 1 aromatic carbocycles. The van der Waals surface area contributed by atoms with Crippen LogP contribution in [0.25, 0.3) is 11.3 Å². The molecule has 1 fully saturated rings. The summed E-state index contributed by atoms with van der Waals surface area (Å²) in [5.41, 5.74) is -0.209. The third-order valence-corrected chi connectivity index (χ3v) is 7.11. The Morgan fingerprint density at radius 1 is 1.25 bits per heavy atom. The van der Waals surface area contributed by atoms with Crippen molar-refractivity contribution in [2.45, 2.75) is 62.7 Å². The molecule has 1 amide bonds. The van der Waals surface area contributed by atoms with E-state index >= 15 is 0 Å². The lowest BCUT2D eigenvalue weighted by Crippen LogP contribution is -2.55. The molecule has 7 nitrogen and oxygen atoms in total. The highest BCUT2D eigenvalue weighted by Gasteiger charge is 2.50. The molecule has 0 unspecified atom stereocenters. The van der Waals surface area contributed by atoms with Crippen molar-refractivity contribution in [3.63, 3.8) is 0 Å². The van der Waals surface area contributed by atoms with Crippen LogP contribution in [-0.4, -0.2) is 53.3 Å². The minimum atomic E-state index is -4.78. The average molecular weight is 580 g/mol. The third kappa shape index (κ3) is 4.81. The van der Waals surface area contributed by atoms with Crippen LogP contribution in [-0.2, 0) is 22.5 Å². The zero-order chi connectivity index (χ0) is 26.6. The van der Waals surface area contributed by atoms with Crippen LogP contribution in [0.4, 0.5) is 22.0 Å². The number of carbonyl (C=O) groups excluding carboxylic acids is 2. The van der Waals surface area contributed by atoms with Gasteiger partial charge in [-0.2, -0.15) is 13.2 Å². The number of ether oxygens (including phenoxy) is 2. The number of hydrogen-bond acceptors (Lipinski definition) is 5. The van der Waals surface area contributed by atoms with Crippen LogP contribution in [0.3, 0.4) is 0 Å². The van der Waals surface area contributed by atoms with Gasteiger partial charge in [-0.05, 0) is 47.0 Å². The molecule has 1 aliphatic carbocycles. The van der Waals surface area contributed by atoms with Crippen molar-refractivity contribution in [2.24, 2.45) is 0 Å². The molecule has 36 heavy (non-hydrogen) atoms. The number of benzene rings is 1. The first-order valence-electron chi connectivity index (χ1n) is 11.0. The standard InChI is InChI=1S/C23H23BrF5N3O4/c1-21(20(34)36-3,10-23(27,28)29)31-19(33)18-30-16(12-8-22(25,26)9-12)17-13-7-14(24)15(35-2)6-11(13)4-5-32(17)18/h6-7,12H,4-5,8-10H2,1-3H3,(H,31,33)/t21-/m0/s1. The number of nitrogens with one attached hydrogen (secondary N) is 1. The number of aryl methyl sites for hydroxylation is 1. The molecule has 13 heteroatoms. The van der Waals surface area contributed by atoms with Gasteiger partial charge in [0.15, 0.2) is 5.82 Å². The number of fused-ring (bicyclic) bond motifs is 3. The number of halogens is 6. The Labute approximate surface area is 211 Å². The molecule has 196 valence electrons. The fraction of sp³-hybridized carbons (Fsp3) is 0.522. The fourth-order valence-electron chi connectivity index (χ4n) is 4.80. The van der Waals surface area contributed by atoms with Gasteiger partial charge in [-0.1, -0.05) is 0 Å². The van der Waals surface area contributed by atoms with E-state index in [9.17, 15) is 31.5 Å².